The van der Waals surface area contributed by atoms with Gasteiger partial charge in [0.25, 0.3) is 0 Å². The topological polar surface area (TPSA) is 75.6 Å². The smallest absolute Gasteiger partial charge is 0.335 e. The van der Waals surface area contributed by atoms with Gasteiger partial charge in [-0.3, -0.25) is 4.79 Å². The summed E-state index contributed by atoms with van der Waals surface area (Å²) in [5, 5.41) is 11.7. The van der Waals surface area contributed by atoms with E-state index in [1.54, 1.807) is 12.1 Å². The van der Waals surface area contributed by atoms with E-state index in [1.165, 1.54) is 12.1 Å². The van der Waals surface area contributed by atoms with Crippen molar-refractivity contribution in [3.8, 4) is 5.75 Å². The van der Waals surface area contributed by atoms with Gasteiger partial charge in [-0.1, -0.05) is 30.3 Å². The van der Waals surface area contributed by atoms with E-state index < -0.39 is 5.97 Å². The Bertz CT molecular complexity index is 724. The molecular formula is C18H17NO4. The van der Waals surface area contributed by atoms with Crippen LogP contribution in [0.2, 0.25) is 0 Å². The van der Waals surface area contributed by atoms with Gasteiger partial charge in [-0.2, -0.15) is 0 Å². The number of carbonyl (C=O) groups is 2. The Hall–Kier alpha value is -2.82. The minimum absolute atomic E-state index is 0.0539. The van der Waals surface area contributed by atoms with Crippen LogP contribution in [0.25, 0.3) is 0 Å². The molecule has 1 atom stereocenters. The molecule has 0 saturated heterocycles. The minimum atomic E-state index is -0.960. The van der Waals surface area contributed by atoms with Gasteiger partial charge in [0.05, 0.1) is 11.5 Å². The highest BCUT2D eigenvalue weighted by molar-refractivity contribution is 5.87. The lowest BCUT2D eigenvalue weighted by atomic mass is 9.96. The molecule has 2 aromatic carbocycles. The molecule has 2 aromatic rings. The highest BCUT2D eigenvalue weighted by Crippen LogP contribution is 2.26. The Balaban J connectivity index is 1.57. The average molecular weight is 311 g/mol. The fourth-order valence-electron chi connectivity index (χ4n) is 2.60. The van der Waals surface area contributed by atoms with Crippen molar-refractivity contribution in [1.82, 2.24) is 5.32 Å². The number of aromatic carboxylic acids is 1. The van der Waals surface area contributed by atoms with E-state index in [-0.39, 0.29) is 17.4 Å². The molecular weight excluding hydrogens is 294 g/mol. The number of rotatable bonds is 4. The number of fused-ring (bicyclic) bond motifs is 1. The summed E-state index contributed by atoms with van der Waals surface area (Å²) in [5.41, 5.74) is 2.14. The van der Waals surface area contributed by atoms with Crippen molar-refractivity contribution in [1.29, 1.82) is 0 Å². The van der Waals surface area contributed by atoms with Crippen LogP contribution in [0, 0.1) is 5.92 Å². The van der Waals surface area contributed by atoms with E-state index in [4.69, 9.17) is 9.84 Å². The van der Waals surface area contributed by atoms with Crippen molar-refractivity contribution in [2.45, 2.75) is 13.0 Å². The molecule has 5 heteroatoms. The Morgan fingerprint density at radius 1 is 1.13 bits per heavy atom. The summed E-state index contributed by atoms with van der Waals surface area (Å²) in [6, 6.07) is 14.2. The largest absolute Gasteiger partial charge is 0.492 e. The fraction of sp³-hybridized carbons (Fsp3) is 0.222. The van der Waals surface area contributed by atoms with Crippen molar-refractivity contribution in [3.63, 3.8) is 0 Å². The molecule has 0 aromatic heterocycles. The Labute approximate surface area is 133 Å². The SMILES string of the molecule is O=C(O)c1ccc(CNC(=O)[C@@H]2COc3ccccc3C2)cc1. The molecule has 0 saturated carbocycles. The number of ether oxygens (including phenoxy) is 1. The van der Waals surface area contributed by atoms with Crippen molar-refractivity contribution in [2.24, 2.45) is 5.92 Å². The van der Waals surface area contributed by atoms with Gasteiger partial charge < -0.3 is 15.2 Å². The van der Waals surface area contributed by atoms with Gasteiger partial charge in [-0.05, 0) is 35.7 Å². The van der Waals surface area contributed by atoms with Gasteiger partial charge >= 0.3 is 5.97 Å². The number of para-hydroxylation sites is 1. The maximum atomic E-state index is 12.3. The minimum Gasteiger partial charge on any atom is -0.492 e. The third-order valence-corrected chi connectivity index (χ3v) is 3.92. The molecule has 1 aliphatic rings. The molecule has 23 heavy (non-hydrogen) atoms. The molecule has 1 heterocycles. The molecule has 0 unspecified atom stereocenters. The molecule has 0 fully saturated rings. The van der Waals surface area contributed by atoms with Gasteiger partial charge in [0.1, 0.15) is 12.4 Å². The third kappa shape index (κ3) is 3.51. The number of carboxylic acids is 1. The molecule has 118 valence electrons. The van der Waals surface area contributed by atoms with E-state index >= 15 is 0 Å². The lowest BCUT2D eigenvalue weighted by molar-refractivity contribution is -0.126. The Kier molecular flexibility index (Phi) is 4.28. The number of carboxylic acid groups (broad SMARTS) is 1. The number of hydrogen-bond acceptors (Lipinski definition) is 3. The van der Waals surface area contributed by atoms with Crippen molar-refractivity contribution >= 4 is 11.9 Å². The Morgan fingerprint density at radius 3 is 2.61 bits per heavy atom. The highest BCUT2D eigenvalue weighted by atomic mass is 16.5. The Morgan fingerprint density at radius 2 is 1.87 bits per heavy atom. The maximum absolute atomic E-state index is 12.3. The molecule has 0 spiro atoms. The third-order valence-electron chi connectivity index (χ3n) is 3.92. The predicted molar refractivity (Wildman–Crippen MR) is 84.4 cm³/mol. The van der Waals surface area contributed by atoms with Crippen LogP contribution in [0.3, 0.4) is 0 Å². The lowest BCUT2D eigenvalue weighted by Gasteiger charge is -2.24. The lowest BCUT2D eigenvalue weighted by Crippen LogP contribution is -2.37. The first-order chi connectivity index (χ1) is 11.1. The first-order valence-corrected chi connectivity index (χ1v) is 7.44. The molecule has 5 nitrogen and oxygen atoms in total. The molecule has 1 amide bonds. The summed E-state index contributed by atoms with van der Waals surface area (Å²) in [6.45, 7) is 0.748. The molecule has 0 radical (unpaired) electrons. The summed E-state index contributed by atoms with van der Waals surface area (Å²) in [4.78, 5) is 23.1. The fourth-order valence-corrected chi connectivity index (χ4v) is 2.60. The van der Waals surface area contributed by atoms with Gasteiger partial charge in [0.2, 0.25) is 5.91 Å². The van der Waals surface area contributed by atoms with Crippen LogP contribution in [0.15, 0.2) is 48.5 Å². The van der Waals surface area contributed by atoms with Crippen LogP contribution in [0.5, 0.6) is 5.75 Å². The van der Waals surface area contributed by atoms with Crippen LogP contribution < -0.4 is 10.1 Å². The van der Waals surface area contributed by atoms with Crippen LogP contribution in [-0.4, -0.2) is 23.6 Å². The zero-order chi connectivity index (χ0) is 16.2. The maximum Gasteiger partial charge on any atom is 0.335 e. The zero-order valence-electron chi connectivity index (χ0n) is 12.5. The van der Waals surface area contributed by atoms with Crippen molar-refractivity contribution in [3.05, 3.63) is 65.2 Å². The second kappa shape index (κ2) is 6.52. The van der Waals surface area contributed by atoms with Crippen LogP contribution in [0.4, 0.5) is 0 Å². The highest BCUT2D eigenvalue weighted by Gasteiger charge is 2.25. The first kappa shape index (κ1) is 15.1. The monoisotopic (exact) mass is 311 g/mol. The van der Waals surface area contributed by atoms with E-state index in [0.717, 1.165) is 16.9 Å². The number of benzene rings is 2. The van der Waals surface area contributed by atoms with Gasteiger partial charge in [-0.15, -0.1) is 0 Å². The summed E-state index contributed by atoms with van der Waals surface area (Å²) in [7, 11) is 0. The summed E-state index contributed by atoms with van der Waals surface area (Å²) >= 11 is 0. The molecule has 3 rings (SSSR count). The molecule has 2 N–H and O–H groups in total. The van der Waals surface area contributed by atoms with Gasteiger partial charge in [-0.25, -0.2) is 4.79 Å². The van der Waals surface area contributed by atoms with Gasteiger partial charge in [0, 0.05) is 6.54 Å². The summed E-state index contributed by atoms with van der Waals surface area (Å²) in [6.07, 6.45) is 0.667. The number of hydrogen-bond donors (Lipinski definition) is 2. The number of nitrogens with one attached hydrogen (secondary N) is 1. The zero-order valence-corrected chi connectivity index (χ0v) is 12.5. The van der Waals surface area contributed by atoms with E-state index in [2.05, 4.69) is 5.32 Å². The van der Waals surface area contributed by atoms with Gasteiger partial charge in [0.15, 0.2) is 0 Å². The predicted octanol–water partition coefficient (Wildman–Crippen LogP) is 2.25. The van der Waals surface area contributed by atoms with Crippen LogP contribution in [0.1, 0.15) is 21.5 Å². The number of amides is 1. The average Bonchev–Trinajstić information content (AvgIpc) is 2.59. The van der Waals surface area contributed by atoms with E-state index in [9.17, 15) is 9.59 Å². The van der Waals surface area contributed by atoms with Crippen LogP contribution >= 0.6 is 0 Å². The molecule has 1 aliphatic heterocycles. The standard InChI is InChI=1S/C18H17NO4/c20-17(15-9-14-3-1-2-4-16(14)23-11-15)19-10-12-5-7-13(8-6-12)18(21)22/h1-8,15H,9-11H2,(H,19,20)(H,21,22)/t15-/m0/s1. The second-order valence-electron chi connectivity index (χ2n) is 5.54. The van der Waals surface area contributed by atoms with Crippen molar-refractivity contribution in [2.75, 3.05) is 6.61 Å². The number of carbonyl (C=O) groups excluding carboxylic acids is 1. The summed E-state index contributed by atoms with van der Waals surface area (Å²) in [5.74, 6) is -0.371. The van der Waals surface area contributed by atoms with E-state index in [1.807, 2.05) is 24.3 Å². The quantitative estimate of drug-likeness (QED) is 0.908. The molecule has 0 bridgehead atoms. The van der Waals surface area contributed by atoms with E-state index in [0.29, 0.717) is 19.6 Å². The van der Waals surface area contributed by atoms with Crippen LogP contribution in [-0.2, 0) is 17.8 Å². The normalized spacial score (nSPS) is 16.1. The second-order valence-corrected chi connectivity index (χ2v) is 5.54. The summed E-state index contributed by atoms with van der Waals surface area (Å²) < 4.78 is 5.63. The first-order valence-electron chi connectivity index (χ1n) is 7.44. The van der Waals surface area contributed by atoms with Crippen molar-refractivity contribution < 1.29 is 19.4 Å². The molecule has 0 aliphatic carbocycles.